The van der Waals surface area contributed by atoms with Gasteiger partial charge in [-0.1, -0.05) is 54.6 Å². The quantitative estimate of drug-likeness (QED) is 0.152. The summed E-state index contributed by atoms with van der Waals surface area (Å²) in [5.41, 5.74) is 7.39. The summed E-state index contributed by atoms with van der Waals surface area (Å²) in [6, 6.07) is 25.7. The summed E-state index contributed by atoms with van der Waals surface area (Å²) in [6.07, 6.45) is 0.768. The van der Waals surface area contributed by atoms with Crippen LogP contribution in [0.5, 0.6) is 11.5 Å². The number of esters is 1. The number of aromatic hydroxyl groups is 1. The number of phenols is 1. The van der Waals surface area contributed by atoms with E-state index in [2.05, 4.69) is 15.8 Å². The van der Waals surface area contributed by atoms with Crippen molar-refractivity contribution in [2.24, 2.45) is 5.10 Å². The van der Waals surface area contributed by atoms with Crippen LogP contribution in [0.1, 0.15) is 67.2 Å². The molecule has 1 atom stereocenters. The van der Waals surface area contributed by atoms with E-state index in [1.807, 2.05) is 24.3 Å². The maximum atomic E-state index is 13.4. The second-order valence-corrected chi connectivity index (χ2v) is 10.5. The molecule has 0 spiro atoms. The number of carbonyl (C=O) groups excluding carboxylic acids is 4. The summed E-state index contributed by atoms with van der Waals surface area (Å²) in [7, 11) is 0. The van der Waals surface area contributed by atoms with Crippen LogP contribution in [0.4, 0.5) is 5.69 Å². The zero-order chi connectivity index (χ0) is 30.8. The predicted molar refractivity (Wildman–Crippen MR) is 163 cm³/mol. The van der Waals surface area contributed by atoms with Crippen molar-refractivity contribution in [2.45, 2.75) is 25.8 Å². The van der Waals surface area contributed by atoms with Crippen molar-refractivity contribution >= 4 is 35.1 Å². The number of benzene rings is 4. The molecule has 0 fully saturated rings. The molecule has 3 amide bonds. The topological polar surface area (TPSA) is 137 Å². The third kappa shape index (κ3) is 5.52. The van der Waals surface area contributed by atoms with Crippen molar-refractivity contribution < 1.29 is 29.0 Å². The van der Waals surface area contributed by atoms with Crippen LogP contribution >= 0.6 is 0 Å². The van der Waals surface area contributed by atoms with Gasteiger partial charge in [-0.05, 0) is 53.9 Å². The molecule has 10 heteroatoms. The first kappa shape index (κ1) is 28.4. The molecule has 2 heterocycles. The molecule has 2 aliphatic rings. The smallest absolute Gasteiger partial charge is 0.308 e. The highest BCUT2D eigenvalue weighted by molar-refractivity contribution is 6.21. The third-order valence-electron chi connectivity index (χ3n) is 7.61. The number of hydrazone groups is 1. The number of hydrogen-bond acceptors (Lipinski definition) is 8. The molecule has 4 aromatic rings. The Balaban J connectivity index is 1.15. The fourth-order valence-corrected chi connectivity index (χ4v) is 5.43. The van der Waals surface area contributed by atoms with E-state index >= 15 is 0 Å². The van der Waals surface area contributed by atoms with E-state index in [-0.39, 0.29) is 47.9 Å². The molecule has 4 aromatic carbocycles. The van der Waals surface area contributed by atoms with Gasteiger partial charge in [-0.15, -0.1) is 0 Å². The SMILES string of the molecule is CC(=O)Oc1c(CCN2C(=O)c3ccccc3C2=O)cccc1C(=O)Nc1ccc(C2=NNC(c3ccccc3O)C2)cc1. The minimum Gasteiger partial charge on any atom is -0.508 e. The first-order chi connectivity index (χ1) is 21.3. The number of ether oxygens (including phenoxy) is 1. The van der Waals surface area contributed by atoms with Crippen LogP contribution in [0.2, 0.25) is 0 Å². The van der Waals surface area contributed by atoms with Gasteiger partial charge >= 0.3 is 5.97 Å². The Hall–Kier alpha value is -5.77. The normalized spacial score (nSPS) is 15.4. The van der Waals surface area contributed by atoms with Crippen LogP contribution in [0.15, 0.2) is 96.1 Å². The molecule has 0 bridgehead atoms. The van der Waals surface area contributed by atoms with Gasteiger partial charge in [-0.3, -0.25) is 24.1 Å². The number of rotatable bonds is 8. The zero-order valence-electron chi connectivity index (χ0n) is 23.7. The van der Waals surface area contributed by atoms with Crippen molar-refractivity contribution in [2.75, 3.05) is 11.9 Å². The van der Waals surface area contributed by atoms with Gasteiger partial charge in [-0.2, -0.15) is 5.10 Å². The summed E-state index contributed by atoms with van der Waals surface area (Å²) in [5.74, 6) is -1.58. The highest BCUT2D eigenvalue weighted by Gasteiger charge is 2.35. The van der Waals surface area contributed by atoms with Crippen LogP contribution in [-0.4, -0.2) is 46.0 Å². The van der Waals surface area contributed by atoms with Crippen LogP contribution in [0.3, 0.4) is 0 Å². The number of fused-ring (bicyclic) bond motifs is 1. The lowest BCUT2D eigenvalue weighted by Gasteiger charge is -2.17. The van der Waals surface area contributed by atoms with E-state index in [0.717, 1.165) is 21.7 Å². The van der Waals surface area contributed by atoms with Gasteiger partial charge in [-0.25, -0.2) is 0 Å². The number of anilines is 1. The van der Waals surface area contributed by atoms with E-state index < -0.39 is 11.9 Å². The van der Waals surface area contributed by atoms with Crippen LogP contribution in [-0.2, 0) is 11.2 Å². The summed E-state index contributed by atoms with van der Waals surface area (Å²) >= 11 is 0. The van der Waals surface area contributed by atoms with E-state index in [4.69, 9.17) is 4.74 Å². The van der Waals surface area contributed by atoms with Crippen molar-refractivity contribution in [3.8, 4) is 11.5 Å². The Morgan fingerprint density at radius 1 is 0.932 bits per heavy atom. The fraction of sp³-hybridized carbons (Fsp3) is 0.147. The molecule has 0 saturated carbocycles. The van der Waals surface area contributed by atoms with Crippen molar-refractivity contribution in [1.82, 2.24) is 10.3 Å². The summed E-state index contributed by atoms with van der Waals surface area (Å²) in [5, 5.41) is 17.5. The highest BCUT2D eigenvalue weighted by Crippen LogP contribution is 2.31. The molecule has 3 N–H and O–H groups in total. The van der Waals surface area contributed by atoms with Gasteiger partial charge < -0.3 is 20.6 Å². The van der Waals surface area contributed by atoms with E-state index in [0.29, 0.717) is 28.8 Å². The Kier molecular flexibility index (Phi) is 7.63. The average molecular weight is 589 g/mol. The van der Waals surface area contributed by atoms with E-state index in [9.17, 15) is 24.3 Å². The fourth-order valence-electron chi connectivity index (χ4n) is 5.43. The molecule has 0 radical (unpaired) electrons. The molecule has 2 aliphatic heterocycles. The van der Waals surface area contributed by atoms with Crippen LogP contribution in [0, 0.1) is 0 Å². The maximum absolute atomic E-state index is 13.4. The second kappa shape index (κ2) is 11.8. The number of carbonyl (C=O) groups is 4. The summed E-state index contributed by atoms with van der Waals surface area (Å²) < 4.78 is 5.48. The Morgan fingerprint density at radius 3 is 2.30 bits per heavy atom. The molecule has 0 aromatic heterocycles. The van der Waals surface area contributed by atoms with Crippen LogP contribution in [0.25, 0.3) is 0 Å². The monoisotopic (exact) mass is 588 g/mol. The largest absolute Gasteiger partial charge is 0.508 e. The number of amides is 3. The van der Waals surface area contributed by atoms with Gasteiger partial charge in [0.15, 0.2) is 0 Å². The number of nitrogens with zero attached hydrogens (tertiary/aromatic N) is 2. The molecular weight excluding hydrogens is 560 g/mol. The number of para-hydroxylation sites is 2. The van der Waals surface area contributed by atoms with Gasteiger partial charge in [0.1, 0.15) is 11.5 Å². The molecule has 10 nitrogen and oxygen atoms in total. The number of nitrogens with one attached hydrogen (secondary N) is 2. The third-order valence-corrected chi connectivity index (χ3v) is 7.61. The molecule has 0 saturated heterocycles. The number of imide groups is 1. The van der Waals surface area contributed by atoms with Crippen LogP contribution < -0.4 is 15.5 Å². The predicted octanol–water partition coefficient (Wildman–Crippen LogP) is 4.85. The molecule has 220 valence electrons. The highest BCUT2D eigenvalue weighted by atomic mass is 16.5. The molecule has 6 rings (SSSR count). The minimum atomic E-state index is -0.607. The lowest BCUT2D eigenvalue weighted by Crippen LogP contribution is -2.32. The van der Waals surface area contributed by atoms with Crippen molar-refractivity contribution in [3.05, 3.63) is 124 Å². The first-order valence-electron chi connectivity index (χ1n) is 14.1. The number of hydrogen-bond donors (Lipinski definition) is 3. The maximum Gasteiger partial charge on any atom is 0.308 e. The zero-order valence-corrected chi connectivity index (χ0v) is 23.7. The van der Waals surface area contributed by atoms with E-state index in [1.165, 1.54) is 6.92 Å². The summed E-state index contributed by atoms with van der Waals surface area (Å²) in [6.45, 7) is 1.29. The molecule has 44 heavy (non-hydrogen) atoms. The van der Waals surface area contributed by atoms with Crippen molar-refractivity contribution in [1.29, 1.82) is 0 Å². The number of phenolic OH excluding ortho intramolecular Hbond substituents is 1. The molecule has 0 aliphatic carbocycles. The Bertz CT molecular complexity index is 1800. The standard InChI is InChI=1S/C34H28N4O6/c1-20(39)44-31-22(17-18-38-33(42)24-8-2-3-9-25(24)34(38)43)7-6-11-27(31)32(41)35-23-15-13-21(14-16-23)28-19-29(37-36-28)26-10-4-5-12-30(26)40/h2-16,29,37,40H,17-19H2,1H3,(H,35,41). The Labute approximate surface area is 253 Å². The molecular formula is C34H28N4O6. The molecule has 1 unspecified atom stereocenters. The summed E-state index contributed by atoms with van der Waals surface area (Å²) in [4.78, 5) is 52.2. The van der Waals surface area contributed by atoms with Gasteiger partial charge in [0.05, 0.1) is 28.4 Å². The lowest BCUT2D eigenvalue weighted by molar-refractivity contribution is -0.131. The van der Waals surface area contributed by atoms with Gasteiger partial charge in [0.25, 0.3) is 17.7 Å². The van der Waals surface area contributed by atoms with Gasteiger partial charge in [0, 0.05) is 31.1 Å². The lowest BCUT2D eigenvalue weighted by atomic mass is 9.98. The average Bonchev–Trinajstić information content (AvgIpc) is 3.60. The van der Waals surface area contributed by atoms with Gasteiger partial charge in [0.2, 0.25) is 0 Å². The Morgan fingerprint density at radius 2 is 1.61 bits per heavy atom. The minimum absolute atomic E-state index is 0.0522. The van der Waals surface area contributed by atoms with Crippen molar-refractivity contribution in [3.63, 3.8) is 0 Å². The van der Waals surface area contributed by atoms with E-state index in [1.54, 1.807) is 66.7 Å². The first-order valence-corrected chi connectivity index (χ1v) is 14.1. The second-order valence-electron chi connectivity index (χ2n) is 10.5.